The summed E-state index contributed by atoms with van der Waals surface area (Å²) in [6.45, 7) is 27.4. The highest BCUT2D eigenvalue weighted by Gasteiger charge is 2.59. The smallest absolute Gasteiger partial charge is 0.496 e. The predicted molar refractivity (Wildman–Crippen MR) is 590 cm³/mol. The zero-order valence-electron chi connectivity index (χ0n) is 87.1. The van der Waals surface area contributed by atoms with Crippen molar-refractivity contribution in [3.05, 3.63) is 372 Å². The van der Waals surface area contributed by atoms with Gasteiger partial charge in [0.25, 0.3) is 0 Å². The summed E-state index contributed by atoms with van der Waals surface area (Å²) in [4.78, 5) is 38.4. The summed E-state index contributed by atoms with van der Waals surface area (Å²) >= 11 is 0. The summed E-state index contributed by atoms with van der Waals surface area (Å²) in [7, 11) is 0.624. The molecule has 0 spiro atoms. The van der Waals surface area contributed by atoms with Crippen molar-refractivity contribution >= 4 is 88.2 Å². The number of hydrogen-bond donors (Lipinski definition) is 0. The van der Waals surface area contributed by atoms with E-state index < -0.39 is 66.7 Å². The zero-order chi connectivity index (χ0) is 106. The van der Waals surface area contributed by atoms with Crippen molar-refractivity contribution in [2.24, 2.45) is 23.7 Å². The first-order valence-electron chi connectivity index (χ1n) is 48.4. The van der Waals surface area contributed by atoms with E-state index in [2.05, 4.69) is 276 Å². The molecule has 145 heavy (non-hydrogen) atoms. The first-order chi connectivity index (χ1) is 68.6. The minimum atomic E-state index is -4.31. The zero-order valence-corrected chi connectivity index (χ0v) is 92.8. The lowest BCUT2D eigenvalue weighted by Crippen LogP contribution is -2.58. The minimum absolute atomic E-state index is 0.0796. The molecule has 4 bridgehead atoms. The Morgan fingerprint density at radius 3 is 0.869 bits per heavy atom. The molecule has 4 fully saturated rings. The van der Waals surface area contributed by atoms with Crippen LogP contribution < -0.4 is 14.2 Å². The molecule has 17 rings (SSSR count). The summed E-state index contributed by atoms with van der Waals surface area (Å²) in [6, 6.07) is 103. The highest BCUT2D eigenvalue weighted by atomic mass is 32.2. The number of hydrogen-bond acceptors (Lipinski definition) is 8. The van der Waals surface area contributed by atoms with Crippen LogP contribution in [0.3, 0.4) is 0 Å². The first-order valence-corrected chi connectivity index (χ1v) is 59.0. The topological polar surface area (TPSA) is 83.5 Å². The van der Waals surface area contributed by atoms with E-state index in [0.29, 0.717) is 75.8 Å². The van der Waals surface area contributed by atoms with Crippen molar-refractivity contribution < 1.29 is 72.8 Å². The SMILES string of the molecule is CC(C)(C)c1ccc([S+](c2ccc(C(C)(C)C)cc2)C(F)(F)F)cc1.COc1c(C)cc([S+](c2ccccc2)C(F)(F)F)cc1C.C[S+](C)C.C[S+](C)c1ccccc1.Cc1cc([S+](c2ccccc2)c2ccccc2)cc(C)c1OCC(=O)OCC(=O)OC1(C)C2CC3CC(C2)CC1C3.Cc1cc([S+](c2ccccc2)c2ccccc2)cc(C)c1OCCCN(C)C.FC(F)(F)[S+](c1ccccc1)c1ccccc1. The van der Waals surface area contributed by atoms with E-state index in [0.717, 1.165) is 85.1 Å². The van der Waals surface area contributed by atoms with Crippen molar-refractivity contribution in [3.8, 4) is 17.2 Å². The number of esters is 2. The van der Waals surface area contributed by atoms with Crippen LogP contribution in [0, 0.1) is 65.2 Å². The highest BCUT2D eigenvalue weighted by Crippen LogP contribution is 2.60. The third-order valence-electron chi connectivity index (χ3n) is 24.7. The Labute approximate surface area is 876 Å². The Morgan fingerprint density at radius 2 is 0.600 bits per heavy atom. The number of carbonyl (C=O) groups excluding carboxylic acids is 2. The number of halogens is 9. The fourth-order valence-corrected chi connectivity index (χ4v) is 28.4. The number of methoxy groups -OCH3 is 1. The van der Waals surface area contributed by atoms with Crippen molar-refractivity contribution in [1.29, 1.82) is 0 Å². The van der Waals surface area contributed by atoms with Gasteiger partial charge in [-0.1, -0.05) is 211 Å². The molecule has 1 atom stereocenters. The molecule has 24 heteroatoms. The molecule has 0 amide bonds. The molecule has 0 aliphatic heterocycles. The maximum Gasteiger partial charge on any atom is 0.586 e. The van der Waals surface area contributed by atoms with Gasteiger partial charge in [0.05, 0.1) is 54.3 Å². The Morgan fingerprint density at radius 1 is 0.338 bits per heavy atom. The van der Waals surface area contributed by atoms with Gasteiger partial charge in [-0.25, -0.2) is 9.59 Å². The average molecular weight is 2120 g/mol. The first kappa shape index (κ1) is 117. The van der Waals surface area contributed by atoms with E-state index in [1.807, 2.05) is 50.2 Å². The van der Waals surface area contributed by atoms with Gasteiger partial charge in [0.2, 0.25) is 0 Å². The third kappa shape index (κ3) is 34.5. The van der Waals surface area contributed by atoms with Crippen LogP contribution in [0.1, 0.15) is 131 Å². The van der Waals surface area contributed by atoms with E-state index in [1.165, 1.54) is 95.3 Å². The number of benzene rings is 13. The molecule has 0 heterocycles. The molecule has 13 aromatic rings. The van der Waals surface area contributed by atoms with E-state index in [-0.39, 0.29) is 55.6 Å². The Kier molecular flexibility index (Phi) is 43.7. The van der Waals surface area contributed by atoms with E-state index >= 15 is 0 Å². The fourth-order valence-electron chi connectivity index (χ4n) is 18.1. The second kappa shape index (κ2) is 54.3. The van der Waals surface area contributed by atoms with Crippen LogP contribution in [0.5, 0.6) is 17.2 Å². The van der Waals surface area contributed by atoms with Gasteiger partial charge in [0.1, 0.15) is 35.4 Å². The minimum Gasteiger partial charge on any atom is -0.496 e. The quantitative estimate of drug-likeness (QED) is 0.0242. The normalized spacial score (nSPS) is 16.0. The van der Waals surface area contributed by atoms with Crippen LogP contribution in [0.2, 0.25) is 0 Å². The van der Waals surface area contributed by atoms with E-state index in [9.17, 15) is 49.1 Å². The Hall–Kier alpha value is -10.0. The fraction of sp³-hybridized carbons (Fsp3) is 0.339. The van der Waals surface area contributed by atoms with Crippen LogP contribution in [-0.4, -0.2) is 118 Å². The lowest BCUT2D eigenvalue weighted by molar-refractivity contribution is -0.207. The number of aryl methyl sites for hydroxylation is 6. The van der Waals surface area contributed by atoms with Gasteiger partial charge in [0, 0.05) is 53.8 Å². The lowest BCUT2D eigenvalue weighted by Gasteiger charge is -2.59. The molecular weight excluding hydrogens is 1970 g/mol. The summed E-state index contributed by atoms with van der Waals surface area (Å²) in [5, 5.41) is 0. The largest absolute Gasteiger partial charge is 0.586 e. The summed E-state index contributed by atoms with van der Waals surface area (Å²) in [5.41, 5.74) is -5.63. The van der Waals surface area contributed by atoms with Crippen molar-refractivity contribution in [2.75, 3.05) is 78.8 Å². The van der Waals surface area contributed by atoms with Crippen LogP contribution in [-0.2, 0) is 106 Å². The van der Waals surface area contributed by atoms with Crippen molar-refractivity contribution in [3.63, 3.8) is 0 Å². The van der Waals surface area contributed by atoms with Gasteiger partial charge >= 0.3 is 28.5 Å². The third-order valence-corrected chi connectivity index (χ3v) is 36.1. The monoisotopic (exact) mass is 2110 g/mol. The molecule has 0 radical (unpaired) electrons. The van der Waals surface area contributed by atoms with Gasteiger partial charge in [-0.3, -0.25) is 0 Å². The van der Waals surface area contributed by atoms with E-state index in [4.69, 9.17) is 23.7 Å². The maximum absolute atomic E-state index is 13.8. The highest BCUT2D eigenvalue weighted by molar-refractivity contribution is 7.99. The van der Waals surface area contributed by atoms with Crippen LogP contribution in [0.4, 0.5) is 39.5 Å². The molecule has 770 valence electrons. The number of nitrogens with zero attached hydrogens (tertiary/aromatic N) is 1. The number of rotatable bonds is 25. The lowest BCUT2D eigenvalue weighted by atomic mass is 9.50. The molecule has 1 unspecified atom stereocenters. The van der Waals surface area contributed by atoms with Gasteiger partial charge < -0.3 is 28.6 Å². The molecular formula is C121H141F9NO7S7+7. The Bertz CT molecular complexity index is 5870. The Balaban J connectivity index is 0.000000185. The van der Waals surface area contributed by atoms with Gasteiger partial charge in [-0.2, -0.15) is 0 Å². The number of ether oxygens (including phenoxy) is 5. The predicted octanol–water partition coefficient (Wildman–Crippen LogP) is 31.2. The molecule has 4 aliphatic rings. The van der Waals surface area contributed by atoms with Gasteiger partial charge in [-0.15, -0.1) is 39.5 Å². The summed E-state index contributed by atoms with van der Waals surface area (Å²) in [6.07, 6.45) is 18.0. The van der Waals surface area contributed by atoms with Crippen LogP contribution >= 0.6 is 0 Å². The average Bonchev–Trinajstić information content (AvgIpc) is 0.730. The molecule has 8 nitrogen and oxygen atoms in total. The van der Waals surface area contributed by atoms with E-state index in [1.54, 1.807) is 105 Å². The van der Waals surface area contributed by atoms with Gasteiger partial charge in [0.15, 0.2) is 110 Å². The second-order valence-electron chi connectivity index (χ2n) is 39.2. The number of carbonyl (C=O) groups is 2. The number of alkyl halides is 9. The molecule has 0 aromatic heterocycles. The van der Waals surface area contributed by atoms with Crippen molar-refractivity contribution in [2.45, 2.75) is 225 Å². The molecule has 4 aliphatic carbocycles. The molecule has 0 saturated heterocycles. The van der Waals surface area contributed by atoms with Gasteiger partial charge in [-0.05, 0) is 312 Å². The summed E-state index contributed by atoms with van der Waals surface area (Å²) in [5.74, 6) is 3.75. The second-order valence-corrected chi connectivity index (χ2v) is 53.9. The standard InChI is InChI=1S/C35H39O5S.C25H30NOS.C21H26F3S.C16H16F3OS.C13H10F3S.C8H11S.C3H9S/c1-23-14-31(41(29-10-6-4-7-11-29)30-12-8-5-9-13-30)15-24(2)34(23)39-21-32(36)38-22-33(37)40-35(3)27-17-25-16-26(19-27)20-28(35)18-25;1-20-18-24(19-21(2)25(20)27-17-11-16-26(3)4)28(22-12-7-5-8-13-22)23-14-9-6-10-15-23;1-19(2,3)15-7-11-17(12-8-15)25(21(22,23)24)18-13-9-16(10-14-18)20(4,5)6;1-11-9-14(10-12(2)15(11)20-3)21(16(17,18)19)13-7-5-4-6-8-13;14-13(15,16)17(11-7-3-1-4-8-11)12-9-5-2-6-10-12;1-9(2)8-6-4-3-5-7-8;1-4(2)3/h4-15,25-28H,16-22H2,1-3H3;5-10,12-15,18-19H,11,16-17H2,1-4H3;7-14H,1-6H3;4-10H,1-3H3;1-10H;3-7H,1-2H3;1-3H3/q7*+1. The van der Waals surface area contributed by atoms with Crippen molar-refractivity contribution in [1.82, 2.24) is 4.90 Å². The summed E-state index contributed by atoms with van der Waals surface area (Å²) < 4.78 is 150. The molecule has 4 saturated carbocycles. The van der Waals surface area contributed by atoms with Crippen LogP contribution in [0.15, 0.2) is 391 Å². The molecule has 13 aromatic carbocycles. The molecule has 0 N–H and O–H groups in total. The van der Waals surface area contributed by atoms with Crippen LogP contribution in [0.25, 0.3) is 0 Å². The maximum atomic E-state index is 13.8.